The summed E-state index contributed by atoms with van der Waals surface area (Å²) in [5, 5.41) is 3.93. The van der Waals surface area contributed by atoms with E-state index >= 15 is 0 Å². The standard InChI is InChI=1S/C15H13ClN2OS/c1-9(13-6-7-14(16)20-13)18-15(19)11-8-17-12-5-3-2-4-10(11)12/h2-9,17H,1H3,(H,18,19). The summed E-state index contributed by atoms with van der Waals surface area (Å²) in [5.74, 6) is -0.0838. The first-order valence-electron chi connectivity index (χ1n) is 6.27. The van der Waals surface area contributed by atoms with Crippen LogP contribution in [0.2, 0.25) is 4.34 Å². The number of hydrogen-bond donors (Lipinski definition) is 2. The lowest BCUT2D eigenvalue weighted by Crippen LogP contribution is -2.25. The van der Waals surface area contributed by atoms with Crippen LogP contribution < -0.4 is 5.32 Å². The van der Waals surface area contributed by atoms with E-state index < -0.39 is 0 Å². The fraction of sp³-hybridized carbons (Fsp3) is 0.133. The van der Waals surface area contributed by atoms with Crippen molar-refractivity contribution in [3.05, 3.63) is 57.4 Å². The van der Waals surface area contributed by atoms with E-state index in [4.69, 9.17) is 11.6 Å². The summed E-state index contributed by atoms with van der Waals surface area (Å²) in [6.45, 7) is 1.95. The first-order chi connectivity index (χ1) is 9.65. The average molecular weight is 305 g/mol. The number of thiophene rings is 1. The molecule has 0 spiro atoms. The van der Waals surface area contributed by atoms with Gasteiger partial charge in [0, 0.05) is 22.0 Å². The van der Waals surface area contributed by atoms with Crippen LogP contribution in [-0.2, 0) is 0 Å². The molecule has 20 heavy (non-hydrogen) atoms. The number of carbonyl (C=O) groups excluding carboxylic acids is 1. The Kier molecular flexibility index (Phi) is 3.51. The minimum absolute atomic E-state index is 0.0614. The molecular formula is C15H13ClN2OS. The van der Waals surface area contributed by atoms with Crippen molar-refractivity contribution in [2.45, 2.75) is 13.0 Å². The second kappa shape index (κ2) is 5.31. The maximum atomic E-state index is 12.4. The molecule has 0 aliphatic rings. The Bertz CT molecular complexity index is 762. The number of para-hydroxylation sites is 1. The summed E-state index contributed by atoms with van der Waals surface area (Å²) in [6.07, 6.45) is 1.74. The molecule has 1 atom stereocenters. The molecule has 0 aliphatic heterocycles. The molecule has 102 valence electrons. The highest BCUT2D eigenvalue weighted by Crippen LogP contribution is 2.27. The molecule has 5 heteroatoms. The van der Waals surface area contributed by atoms with E-state index in [1.165, 1.54) is 11.3 Å². The van der Waals surface area contributed by atoms with Crippen molar-refractivity contribution in [2.24, 2.45) is 0 Å². The lowest BCUT2D eigenvalue weighted by Gasteiger charge is -2.11. The number of benzene rings is 1. The minimum Gasteiger partial charge on any atom is -0.360 e. The molecule has 0 saturated carbocycles. The van der Waals surface area contributed by atoms with Gasteiger partial charge in [0.05, 0.1) is 15.9 Å². The molecular weight excluding hydrogens is 292 g/mol. The fourth-order valence-electron chi connectivity index (χ4n) is 2.17. The van der Waals surface area contributed by atoms with Crippen LogP contribution in [0.1, 0.15) is 28.2 Å². The van der Waals surface area contributed by atoms with Crippen molar-refractivity contribution >= 4 is 39.7 Å². The minimum atomic E-state index is -0.0838. The van der Waals surface area contributed by atoms with Gasteiger partial charge in [-0.05, 0) is 25.1 Å². The van der Waals surface area contributed by atoms with Gasteiger partial charge in [0.25, 0.3) is 5.91 Å². The zero-order chi connectivity index (χ0) is 14.1. The Morgan fingerprint density at radius 1 is 1.30 bits per heavy atom. The van der Waals surface area contributed by atoms with Gasteiger partial charge in [0.1, 0.15) is 0 Å². The zero-order valence-electron chi connectivity index (χ0n) is 10.8. The van der Waals surface area contributed by atoms with Crippen LogP contribution in [0.5, 0.6) is 0 Å². The quantitative estimate of drug-likeness (QED) is 0.741. The van der Waals surface area contributed by atoms with Crippen molar-refractivity contribution in [1.82, 2.24) is 10.3 Å². The third kappa shape index (κ3) is 2.44. The summed E-state index contributed by atoms with van der Waals surface area (Å²) in [6, 6.07) is 11.5. The summed E-state index contributed by atoms with van der Waals surface area (Å²) in [7, 11) is 0. The topological polar surface area (TPSA) is 44.9 Å². The predicted molar refractivity (Wildman–Crippen MR) is 83.5 cm³/mol. The monoisotopic (exact) mass is 304 g/mol. The fourth-order valence-corrected chi connectivity index (χ4v) is 3.23. The number of H-pyrrole nitrogens is 1. The van der Waals surface area contributed by atoms with Crippen LogP contribution in [-0.4, -0.2) is 10.9 Å². The van der Waals surface area contributed by atoms with E-state index in [2.05, 4.69) is 10.3 Å². The average Bonchev–Trinajstić information content (AvgIpc) is 3.04. The van der Waals surface area contributed by atoms with E-state index in [1.807, 2.05) is 43.3 Å². The summed E-state index contributed by atoms with van der Waals surface area (Å²) in [5.41, 5.74) is 1.62. The number of aromatic nitrogens is 1. The van der Waals surface area contributed by atoms with Gasteiger partial charge in [0.2, 0.25) is 0 Å². The second-order valence-electron chi connectivity index (χ2n) is 4.58. The molecule has 0 fully saturated rings. The first kappa shape index (κ1) is 13.2. The van der Waals surface area contributed by atoms with Gasteiger partial charge in [-0.1, -0.05) is 29.8 Å². The summed E-state index contributed by atoms with van der Waals surface area (Å²) < 4.78 is 0.730. The number of aromatic amines is 1. The van der Waals surface area contributed by atoms with E-state index in [0.717, 1.165) is 20.1 Å². The van der Waals surface area contributed by atoms with Gasteiger partial charge in [-0.15, -0.1) is 11.3 Å². The van der Waals surface area contributed by atoms with Gasteiger partial charge in [0.15, 0.2) is 0 Å². The summed E-state index contributed by atoms with van der Waals surface area (Å²) in [4.78, 5) is 16.5. The highest BCUT2D eigenvalue weighted by molar-refractivity contribution is 7.16. The number of halogens is 1. The lowest BCUT2D eigenvalue weighted by atomic mass is 10.1. The Labute approximate surface area is 125 Å². The number of rotatable bonds is 3. The lowest BCUT2D eigenvalue weighted by molar-refractivity contribution is 0.0942. The van der Waals surface area contributed by atoms with E-state index in [9.17, 15) is 4.79 Å². The Morgan fingerprint density at radius 2 is 2.10 bits per heavy atom. The maximum Gasteiger partial charge on any atom is 0.253 e. The molecule has 1 aromatic carbocycles. The smallest absolute Gasteiger partial charge is 0.253 e. The third-order valence-electron chi connectivity index (χ3n) is 3.20. The second-order valence-corrected chi connectivity index (χ2v) is 6.33. The van der Waals surface area contributed by atoms with Crippen LogP contribution >= 0.6 is 22.9 Å². The van der Waals surface area contributed by atoms with E-state index in [1.54, 1.807) is 6.20 Å². The third-order valence-corrected chi connectivity index (χ3v) is 4.62. The largest absolute Gasteiger partial charge is 0.360 e. The Morgan fingerprint density at radius 3 is 2.85 bits per heavy atom. The molecule has 0 saturated heterocycles. The van der Waals surface area contributed by atoms with Gasteiger partial charge in [-0.2, -0.15) is 0 Å². The van der Waals surface area contributed by atoms with Crippen LogP contribution in [0.4, 0.5) is 0 Å². The molecule has 0 radical (unpaired) electrons. The number of fused-ring (bicyclic) bond motifs is 1. The molecule has 2 aromatic heterocycles. The van der Waals surface area contributed by atoms with Crippen molar-refractivity contribution in [3.8, 4) is 0 Å². The van der Waals surface area contributed by atoms with Crippen molar-refractivity contribution in [2.75, 3.05) is 0 Å². The molecule has 0 bridgehead atoms. The molecule has 3 aromatic rings. The van der Waals surface area contributed by atoms with Gasteiger partial charge >= 0.3 is 0 Å². The first-order valence-corrected chi connectivity index (χ1v) is 7.47. The number of carbonyl (C=O) groups is 1. The molecule has 0 aliphatic carbocycles. The predicted octanol–water partition coefficient (Wildman–Crippen LogP) is 4.37. The van der Waals surface area contributed by atoms with Gasteiger partial charge < -0.3 is 10.3 Å². The number of amides is 1. The summed E-state index contributed by atoms with van der Waals surface area (Å²) >= 11 is 7.40. The van der Waals surface area contributed by atoms with Gasteiger partial charge in [-0.25, -0.2) is 0 Å². The van der Waals surface area contributed by atoms with Crippen molar-refractivity contribution in [3.63, 3.8) is 0 Å². The van der Waals surface area contributed by atoms with Crippen LogP contribution in [0.25, 0.3) is 10.9 Å². The number of hydrogen-bond acceptors (Lipinski definition) is 2. The normalized spacial score (nSPS) is 12.5. The molecule has 2 N–H and O–H groups in total. The molecule has 3 nitrogen and oxygen atoms in total. The highest BCUT2D eigenvalue weighted by atomic mass is 35.5. The highest BCUT2D eigenvalue weighted by Gasteiger charge is 2.16. The van der Waals surface area contributed by atoms with Crippen LogP contribution in [0.15, 0.2) is 42.6 Å². The van der Waals surface area contributed by atoms with E-state index in [-0.39, 0.29) is 11.9 Å². The van der Waals surface area contributed by atoms with Crippen LogP contribution in [0, 0.1) is 0 Å². The Balaban J connectivity index is 1.82. The van der Waals surface area contributed by atoms with Gasteiger partial charge in [-0.3, -0.25) is 4.79 Å². The number of nitrogens with one attached hydrogen (secondary N) is 2. The van der Waals surface area contributed by atoms with Crippen molar-refractivity contribution in [1.29, 1.82) is 0 Å². The van der Waals surface area contributed by atoms with Crippen LogP contribution in [0.3, 0.4) is 0 Å². The molecule has 2 heterocycles. The molecule has 1 unspecified atom stereocenters. The molecule has 1 amide bonds. The zero-order valence-corrected chi connectivity index (χ0v) is 12.4. The SMILES string of the molecule is CC(NC(=O)c1c[nH]c2ccccc12)c1ccc(Cl)s1. The Hall–Kier alpha value is -1.78. The maximum absolute atomic E-state index is 12.4. The molecule has 3 rings (SSSR count). The van der Waals surface area contributed by atoms with E-state index in [0.29, 0.717) is 5.56 Å². The van der Waals surface area contributed by atoms with Crippen molar-refractivity contribution < 1.29 is 4.79 Å².